The van der Waals surface area contributed by atoms with Crippen molar-refractivity contribution in [1.29, 1.82) is 0 Å². The molecule has 0 fully saturated rings. The third kappa shape index (κ3) is 4.71. The summed E-state index contributed by atoms with van der Waals surface area (Å²) in [6.07, 6.45) is 0. The van der Waals surface area contributed by atoms with Gasteiger partial charge < -0.3 is 0 Å². The molecule has 0 saturated heterocycles. The van der Waals surface area contributed by atoms with E-state index in [-0.39, 0.29) is 15.0 Å². The topological polar surface area (TPSA) is 17.1 Å². The fourth-order valence-corrected chi connectivity index (χ4v) is 2.45. The summed E-state index contributed by atoms with van der Waals surface area (Å²) in [7, 11) is 0. The van der Waals surface area contributed by atoms with Gasteiger partial charge in [-0.25, -0.2) is 0 Å². The van der Waals surface area contributed by atoms with E-state index in [4.69, 9.17) is 0 Å². The van der Waals surface area contributed by atoms with Gasteiger partial charge in [-0.15, -0.1) is 0 Å². The Morgan fingerprint density at radius 2 is 2.50 bits per heavy atom. The first-order chi connectivity index (χ1) is 2.77. The molecule has 0 bridgehead atoms. The van der Waals surface area contributed by atoms with Crippen LogP contribution in [-0.4, -0.2) is 35.7 Å². The Balaban J connectivity index is 2.83. The molecule has 0 N–H and O–H groups in total. The molecule has 0 aromatic rings. The van der Waals surface area contributed by atoms with Gasteiger partial charge in [0.1, 0.15) is 0 Å². The third-order valence-corrected chi connectivity index (χ3v) is 2.80. The predicted molar refractivity (Wildman–Crippen MR) is 28.4 cm³/mol. The second-order valence-electron chi connectivity index (χ2n) is 0.765. The van der Waals surface area contributed by atoms with Crippen LogP contribution in [0.1, 0.15) is 6.92 Å². The zero-order chi connectivity index (χ0) is 4.99. The Kier molecular flexibility index (Phi) is 4.34. The van der Waals surface area contributed by atoms with Gasteiger partial charge in [0.15, 0.2) is 0 Å². The van der Waals surface area contributed by atoms with E-state index in [0.29, 0.717) is 4.68 Å². The van der Waals surface area contributed by atoms with Crippen LogP contribution in [0.5, 0.6) is 0 Å². The number of hydrogen-bond donors (Lipinski definition) is 0. The number of carbonyl (C=O) groups is 1. The van der Waals surface area contributed by atoms with Crippen molar-refractivity contribution >= 4 is 35.7 Å². The molecule has 0 spiro atoms. The van der Waals surface area contributed by atoms with Crippen LogP contribution in [-0.2, 0) is 4.79 Å². The molecule has 0 atom stereocenters. The molecular weight excluding hydrogens is 210 g/mol. The molecule has 0 aliphatic rings. The summed E-state index contributed by atoms with van der Waals surface area (Å²) in [4.78, 5) is 10.1. The van der Waals surface area contributed by atoms with Gasteiger partial charge >= 0.3 is 51.6 Å². The van der Waals surface area contributed by atoms with E-state index in [1.54, 1.807) is 6.92 Å². The Morgan fingerprint density at radius 1 is 2.00 bits per heavy atom. The first-order valence-corrected chi connectivity index (χ1v) is 4.91. The van der Waals surface area contributed by atoms with E-state index < -0.39 is 0 Å². The Labute approximate surface area is 51.8 Å². The zero-order valence-electron chi connectivity index (χ0n) is 3.47. The van der Waals surface area contributed by atoms with Gasteiger partial charge in [0.05, 0.1) is 0 Å². The molecule has 0 aromatic carbocycles. The van der Waals surface area contributed by atoms with Crippen LogP contribution in [0.2, 0.25) is 4.22 Å². The molecular formula is C3H6OSe2. The summed E-state index contributed by atoms with van der Waals surface area (Å²) >= 11 is 2.66. The Hall–Kier alpha value is 0.709. The average molecular weight is 216 g/mol. The molecule has 0 aliphatic carbocycles. The summed E-state index contributed by atoms with van der Waals surface area (Å²) in [5.74, 6) is 0. The monoisotopic (exact) mass is 218 g/mol. The molecule has 0 radical (unpaired) electrons. The maximum atomic E-state index is 10.1. The van der Waals surface area contributed by atoms with Crippen LogP contribution in [0.4, 0.5) is 0 Å². The summed E-state index contributed by atoms with van der Waals surface area (Å²) in [6.45, 7) is 1.63. The van der Waals surface area contributed by atoms with Crippen molar-refractivity contribution in [1.82, 2.24) is 0 Å². The van der Waals surface area contributed by atoms with Crippen molar-refractivity contribution in [2.45, 2.75) is 11.1 Å². The Morgan fingerprint density at radius 3 is 2.50 bits per heavy atom. The fraction of sp³-hybridized carbons (Fsp3) is 0.667. The van der Waals surface area contributed by atoms with Crippen LogP contribution in [0.15, 0.2) is 0 Å². The molecule has 0 heterocycles. The van der Waals surface area contributed by atoms with Crippen LogP contribution in [0.3, 0.4) is 0 Å². The molecule has 36 valence electrons. The molecule has 6 heavy (non-hydrogen) atoms. The maximum absolute atomic E-state index is 10.1. The van der Waals surface area contributed by atoms with Crippen LogP contribution >= 0.6 is 0 Å². The summed E-state index contributed by atoms with van der Waals surface area (Å²) < 4.78 is 1.32. The normalized spacial score (nSPS) is 8.33. The van der Waals surface area contributed by atoms with Crippen molar-refractivity contribution in [2.24, 2.45) is 0 Å². The Bertz CT molecular complexity index is 52.8. The average Bonchev–Trinajstić information content (AvgIpc) is 1.35. The molecule has 3 heteroatoms. The van der Waals surface area contributed by atoms with E-state index in [2.05, 4.69) is 16.0 Å². The number of hydrogen-bond acceptors (Lipinski definition) is 1. The molecule has 1 nitrogen and oxygen atoms in total. The third-order valence-electron chi connectivity index (χ3n) is 0.268. The number of carbonyl (C=O) groups excluding carboxylic acids is 1. The van der Waals surface area contributed by atoms with Crippen LogP contribution < -0.4 is 0 Å². The number of rotatable bonds is 2. The molecule has 0 aliphatic heterocycles. The van der Waals surface area contributed by atoms with Crippen LogP contribution in [0, 0.1) is 0 Å². The summed E-state index contributed by atoms with van der Waals surface area (Å²) in [6, 6.07) is 0. The minimum absolute atomic E-state index is 0.250. The fourth-order valence-electron chi connectivity index (χ4n) is 0.0909. The second kappa shape index (κ2) is 3.88. The van der Waals surface area contributed by atoms with Gasteiger partial charge in [0.25, 0.3) is 0 Å². The van der Waals surface area contributed by atoms with Crippen molar-refractivity contribution < 1.29 is 4.79 Å². The molecule has 0 saturated carbocycles. The van der Waals surface area contributed by atoms with Gasteiger partial charge in [0.2, 0.25) is 0 Å². The van der Waals surface area contributed by atoms with Gasteiger partial charge in [-0.3, -0.25) is 0 Å². The molecule has 0 unspecified atom stereocenters. The quantitative estimate of drug-likeness (QED) is 0.569. The summed E-state index contributed by atoms with van der Waals surface area (Å²) in [5, 5.41) is 0. The van der Waals surface area contributed by atoms with Gasteiger partial charge in [-0.1, -0.05) is 0 Å². The van der Waals surface area contributed by atoms with E-state index in [1.807, 2.05) is 0 Å². The molecule has 0 rings (SSSR count). The minimum atomic E-state index is 0.250. The van der Waals surface area contributed by atoms with Crippen LogP contribution in [0.25, 0.3) is 0 Å². The first kappa shape index (κ1) is 6.71. The predicted octanol–water partition coefficient (Wildman–Crippen LogP) is -0.486. The summed E-state index contributed by atoms with van der Waals surface area (Å²) in [5.41, 5.74) is 0. The van der Waals surface area contributed by atoms with Gasteiger partial charge in [-0.2, -0.15) is 0 Å². The second-order valence-corrected chi connectivity index (χ2v) is 5.93. The SMILES string of the molecule is CC(=O)[Se]C[SeH]. The van der Waals surface area contributed by atoms with E-state index in [1.165, 1.54) is 0 Å². The molecule has 0 aromatic heterocycles. The van der Waals surface area contributed by atoms with Crippen molar-refractivity contribution in [2.75, 3.05) is 0 Å². The van der Waals surface area contributed by atoms with Crippen molar-refractivity contribution in [3.63, 3.8) is 0 Å². The van der Waals surface area contributed by atoms with Crippen molar-refractivity contribution in [3.05, 3.63) is 0 Å². The van der Waals surface area contributed by atoms with Crippen molar-refractivity contribution in [3.8, 4) is 0 Å². The van der Waals surface area contributed by atoms with E-state index >= 15 is 0 Å². The first-order valence-electron chi connectivity index (χ1n) is 1.51. The standard InChI is InChI=1S/C3H6OSe2/c1-3(4)6-2-5/h5H,2H2,1H3. The van der Waals surface area contributed by atoms with E-state index in [9.17, 15) is 4.79 Å². The molecule has 0 amide bonds. The zero-order valence-corrected chi connectivity index (χ0v) is 7.06. The van der Waals surface area contributed by atoms with Gasteiger partial charge in [-0.05, 0) is 0 Å². The van der Waals surface area contributed by atoms with Gasteiger partial charge in [0, 0.05) is 0 Å². The van der Waals surface area contributed by atoms with E-state index in [0.717, 1.165) is 4.22 Å².